The Morgan fingerprint density at radius 2 is 1.97 bits per heavy atom. The van der Waals surface area contributed by atoms with E-state index in [0.29, 0.717) is 54.0 Å². The second kappa shape index (κ2) is 9.65. The Bertz CT molecular complexity index is 1020. The number of hydrogen-bond acceptors (Lipinski definition) is 6. The van der Waals surface area contributed by atoms with E-state index in [1.807, 2.05) is 0 Å². The molecule has 1 fully saturated rings. The van der Waals surface area contributed by atoms with E-state index in [0.717, 1.165) is 0 Å². The number of anilines is 2. The van der Waals surface area contributed by atoms with E-state index in [9.17, 15) is 13.2 Å². The van der Waals surface area contributed by atoms with Crippen LogP contribution in [0, 0.1) is 6.92 Å². The number of amides is 1. The summed E-state index contributed by atoms with van der Waals surface area (Å²) in [6.07, 6.45) is 0. The smallest absolute Gasteiger partial charge is 0.243 e. The highest BCUT2D eigenvalue weighted by Gasteiger charge is 2.28. The molecule has 10 heteroatoms. The van der Waals surface area contributed by atoms with Gasteiger partial charge >= 0.3 is 0 Å². The molecule has 1 amide bonds. The van der Waals surface area contributed by atoms with E-state index < -0.39 is 10.0 Å². The quantitative estimate of drug-likeness (QED) is 0.669. The maximum atomic E-state index is 13.0. The van der Waals surface area contributed by atoms with Gasteiger partial charge in [0.15, 0.2) is 5.75 Å². The lowest BCUT2D eigenvalue weighted by molar-refractivity contribution is -0.114. The Morgan fingerprint density at radius 3 is 2.67 bits per heavy atom. The molecule has 1 aliphatic heterocycles. The molecule has 1 aliphatic rings. The normalized spacial score (nSPS) is 14.9. The fourth-order valence-electron chi connectivity index (χ4n) is 3.12. The molecule has 2 aromatic rings. The summed E-state index contributed by atoms with van der Waals surface area (Å²) >= 11 is 6.08. The number of sulfonamides is 1. The van der Waals surface area contributed by atoms with Crippen molar-refractivity contribution in [1.82, 2.24) is 4.31 Å². The number of hydrogen-bond donors (Lipinski definition) is 2. The van der Waals surface area contributed by atoms with E-state index >= 15 is 0 Å². The van der Waals surface area contributed by atoms with Crippen molar-refractivity contribution in [1.29, 1.82) is 0 Å². The summed E-state index contributed by atoms with van der Waals surface area (Å²) in [4.78, 5) is 12.6. The number of methoxy groups -OCH3 is 1. The van der Waals surface area contributed by atoms with Gasteiger partial charge in [0.2, 0.25) is 15.9 Å². The van der Waals surface area contributed by atoms with Gasteiger partial charge in [0.25, 0.3) is 0 Å². The number of aryl methyl sites for hydroxylation is 1. The highest BCUT2D eigenvalue weighted by Crippen LogP contribution is 2.32. The molecule has 2 aromatic carbocycles. The molecule has 8 nitrogen and oxygen atoms in total. The van der Waals surface area contributed by atoms with Gasteiger partial charge in [0, 0.05) is 18.8 Å². The van der Waals surface area contributed by atoms with Gasteiger partial charge in [-0.25, -0.2) is 8.42 Å². The number of ether oxygens (including phenoxy) is 2. The molecule has 0 aromatic heterocycles. The molecule has 0 aliphatic carbocycles. The van der Waals surface area contributed by atoms with Crippen LogP contribution in [0.2, 0.25) is 5.02 Å². The Hall–Kier alpha value is -2.33. The monoisotopic (exact) mass is 453 g/mol. The summed E-state index contributed by atoms with van der Waals surface area (Å²) in [5, 5.41) is 6.13. The summed E-state index contributed by atoms with van der Waals surface area (Å²) < 4.78 is 37.8. The fourth-order valence-corrected chi connectivity index (χ4v) is 5.03. The van der Waals surface area contributed by atoms with Crippen molar-refractivity contribution in [3.8, 4) is 5.75 Å². The van der Waals surface area contributed by atoms with Gasteiger partial charge in [-0.05, 0) is 36.8 Å². The van der Waals surface area contributed by atoms with Crippen LogP contribution in [-0.2, 0) is 19.6 Å². The summed E-state index contributed by atoms with van der Waals surface area (Å²) in [6.45, 7) is 3.04. The molecule has 0 radical (unpaired) electrons. The number of halogens is 1. The number of carbonyl (C=O) groups excluding carboxylic acids is 1. The fraction of sp³-hybridized carbons (Fsp3) is 0.350. The van der Waals surface area contributed by atoms with Crippen molar-refractivity contribution in [2.24, 2.45) is 0 Å². The molecule has 0 unspecified atom stereocenters. The zero-order valence-corrected chi connectivity index (χ0v) is 18.3. The molecule has 3 rings (SSSR count). The standard InChI is InChI=1S/C20H24ClN3O5S/c1-14-6-7-15(12-18(14)30(26,27)24-8-10-29-11-9-24)23-19(25)13-22-17-5-3-4-16(21)20(17)28-2/h3-7,12,22H,8-11,13H2,1-2H3,(H,23,25). The average Bonchev–Trinajstić information content (AvgIpc) is 2.74. The van der Waals surface area contributed by atoms with E-state index in [4.69, 9.17) is 21.1 Å². The van der Waals surface area contributed by atoms with Crippen LogP contribution < -0.4 is 15.4 Å². The third-order valence-corrected chi connectivity index (χ3v) is 7.01. The average molecular weight is 454 g/mol. The Balaban J connectivity index is 1.71. The first-order valence-electron chi connectivity index (χ1n) is 9.37. The minimum atomic E-state index is -3.66. The third-order valence-electron chi connectivity index (χ3n) is 4.67. The van der Waals surface area contributed by atoms with Crippen LogP contribution in [0.3, 0.4) is 0 Å². The molecule has 0 bridgehead atoms. The Morgan fingerprint density at radius 1 is 1.23 bits per heavy atom. The second-order valence-corrected chi connectivity index (χ2v) is 9.03. The lowest BCUT2D eigenvalue weighted by Crippen LogP contribution is -2.40. The number of benzene rings is 2. The predicted octanol–water partition coefficient (Wildman–Crippen LogP) is 2.73. The Labute approximate surface area is 181 Å². The van der Waals surface area contributed by atoms with Gasteiger partial charge in [-0.15, -0.1) is 0 Å². The molecule has 1 saturated heterocycles. The van der Waals surface area contributed by atoms with Crippen LogP contribution in [0.5, 0.6) is 5.75 Å². The van der Waals surface area contributed by atoms with Crippen LogP contribution in [-0.4, -0.2) is 58.6 Å². The maximum absolute atomic E-state index is 13.0. The van der Waals surface area contributed by atoms with Gasteiger partial charge in [0.05, 0.1) is 42.5 Å². The zero-order valence-electron chi connectivity index (χ0n) is 16.8. The van der Waals surface area contributed by atoms with E-state index in [1.165, 1.54) is 17.5 Å². The minimum absolute atomic E-state index is 0.0455. The van der Waals surface area contributed by atoms with Gasteiger partial charge in [-0.1, -0.05) is 23.7 Å². The van der Waals surface area contributed by atoms with Crippen molar-refractivity contribution in [2.75, 3.05) is 50.6 Å². The summed E-state index contributed by atoms with van der Waals surface area (Å²) in [5.41, 5.74) is 1.60. The van der Waals surface area contributed by atoms with E-state index in [-0.39, 0.29) is 17.3 Å². The lowest BCUT2D eigenvalue weighted by atomic mass is 10.2. The number of rotatable bonds is 7. The van der Waals surface area contributed by atoms with Crippen molar-refractivity contribution >= 4 is 38.9 Å². The molecule has 2 N–H and O–H groups in total. The summed E-state index contributed by atoms with van der Waals surface area (Å²) in [6, 6.07) is 10.0. The molecule has 0 saturated carbocycles. The first kappa shape index (κ1) is 22.4. The van der Waals surface area contributed by atoms with Gasteiger partial charge in [-0.3, -0.25) is 4.79 Å². The molecule has 0 spiro atoms. The molecular weight excluding hydrogens is 430 g/mol. The predicted molar refractivity (Wildman–Crippen MR) is 116 cm³/mol. The first-order valence-corrected chi connectivity index (χ1v) is 11.2. The number of nitrogens with one attached hydrogen (secondary N) is 2. The van der Waals surface area contributed by atoms with Gasteiger partial charge in [0.1, 0.15) is 0 Å². The van der Waals surface area contributed by atoms with Crippen molar-refractivity contribution in [3.63, 3.8) is 0 Å². The number of para-hydroxylation sites is 1. The third kappa shape index (κ3) is 5.04. The zero-order chi connectivity index (χ0) is 21.7. The molecule has 162 valence electrons. The summed E-state index contributed by atoms with van der Waals surface area (Å²) in [7, 11) is -2.17. The van der Waals surface area contributed by atoms with Crippen molar-refractivity contribution in [3.05, 3.63) is 47.0 Å². The topological polar surface area (TPSA) is 97.0 Å². The van der Waals surface area contributed by atoms with Gasteiger partial charge < -0.3 is 20.1 Å². The lowest BCUT2D eigenvalue weighted by Gasteiger charge is -2.26. The minimum Gasteiger partial charge on any atom is -0.493 e. The van der Waals surface area contributed by atoms with Gasteiger partial charge in [-0.2, -0.15) is 4.31 Å². The summed E-state index contributed by atoms with van der Waals surface area (Å²) in [5.74, 6) is 0.108. The molecule has 0 atom stereocenters. The van der Waals surface area contributed by atoms with Crippen molar-refractivity contribution < 1.29 is 22.7 Å². The highest BCUT2D eigenvalue weighted by molar-refractivity contribution is 7.89. The van der Waals surface area contributed by atoms with Crippen molar-refractivity contribution in [2.45, 2.75) is 11.8 Å². The Kier molecular flexibility index (Phi) is 7.19. The largest absolute Gasteiger partial charge is 0.493 e. The molecular formula is C20H24ClN3O5S. The highest BCUT2D eigenvalue weighted by atomic mass is 35.5. The van der Waals surface area contributed by atoms with Crippen LogP contribution in [0.25, 0.3) is 0 Å². The molecule has 30 heavy (non-hydrogen) atoms. The van der Waals surface area contributed by atoms with Crippen LogP contribution in [0.1, 0.15) is 5.56 Å². The van der Waals surface area contributed by atoms with E-state index in [1.54, 1.807) is 37.3 Å². The molecule has 1 heterocycles. The SMILES string of the molecule is COc1c(Cl)cccc1NCC(=O)Nc1ccc(C)c(S(=O)(=O)N2CCOCC2)c1. The van der Waals surface area contributed by atoms with Crippen LogP contribution in [0.15, 0.2) is 41.3 Å². The first-order chi connectivity index (χ1) is 14.3. The van der Waals surface area contributed by atoms with E-state index in [2.05, 4.69) is 10.6 Å². The second-order valence-electron chi connectivity index (χ2n) is 6.72. The number of nitrogens with zero attached hydrogens (tertiary/aromatic N) is 1. The van der Waals surface area contributed by atoms with Crippen LogP contribution >= 0.6 is 11.6 Å². The number of carbonyl (C=O) groups is 1. The maximum Gasteiger partial charge on any atom is 0.243 e. The van der Waals surface area contributed by atoms with Crippen LogP contribution in [0.4, 0.5) is 11.4 Å². The number of morpholine rings is 1.